The van der Waals surface area contributed by atoms with Gasteiger partial charge in [0.25, 0.3) is 0 Å². The first kappa shape index (κ1) is 22.5. The number of aromatic nitrogens is 2. The predicted molar refractivity (Wildman–Crippen MR) is 123 cm³/mol. The molecule has 172 valence electrons. The molecule has 0 fully saturated rings. The number of rotatable bonds is 6. The number of carbonyl (C=O) groups excluding carboxylic acids is 2. The van der Waals surface area contributed by atoms with Crippen LogP contribution in [0.2, 0.25) is 0 Å². The lowest BCUT2D eigenvalue weighted by Crippen LogP contribution is -2.33. The quantitative estimate of drug-likeness (QED) is 0.666. The van der Waals surface area contributed by atoms with Gasteiger partial charge in [0.1, 0.15) is 22.9 Å². The molecule has 2 aliphatic rings. The zero-order valence-electron chi connectivity index (χ0n) is 18.8. The number of amides is 2. The van der Waals surface area contributed by atoms with E-state index in [1.807, 2.05) is 26.8 Å². The number of primary amides is 1. The summed E-state index contributed by atoms with van der Waals surface area (Å²) in [5, 5.41) is 3.82. The molecule has 4 rings (SSSR count). The van der Waals surface area contributed by atoms with Crippen LogP contribution in [0.3, 0.4) is 0 Å². The molecule has 0 saturated heterocycles. The van der Waals surface area contributed by atoms with Gasteiger partial charge in [0.2, 0.25) is 11.8 Å². The van der Waals surface area contributed by atoms with Gasteiger partial charge in [-0.1, -0.05) is 6.08 Å². The number of nitrogens with two attached hydrogens (primary N) is 1. The Labute approximate surface area is 191 Å². The molecular formula is C23H30N4O4S. The van der Waals surface area contributed by atoms with Gasteiger partial charge in [-0.05, 0) is 64.4 Å². The average molecular weight is 459 g/mol. The van der Waals surface area contributed by atoms with Crippen molar-refractivity contribution in [2.24, 2.45) is 5.73 Å². The molecule has 2 heterocycles. The van der Waals surface area contributed by atoms with Crippen molar-refractivity contribution in [3.05, 3.63) is 28.5 Å². The van der Waals surface area contributed by atoms with Gasteiger partial charge < -0.3 is 15.2 Å². The number of nitrogens with zero attached hydrogens (tertiary/aromatic N) is 2. The number of carbonyl (C=O) groups is 2. The highest BCUT2D eigenvalue weighted by molar-refractivity contribution is 7.19. The summed E-state index contributed by atoms with van der Waals surface area (Å²) in [6.07, 6.45) is 8.35. The van der Waals surface area contributed by atoms with Crippen molar-refractivity contribution in [2.45, 2.75) is 83.3 Å². The van der Waals surface area contributed by atoms with Crippen LogP contribution in [0.5, 0.6) is 5.88 Å². The molecular weight excluding hydrogens is 428 g/mol. The van der Waals surface area contributed by atoms with E-state index in [0.717, 1.165) is 41.6 Å². The topological polar surface area (TPSA) is 116 Å². The maximum Gasteiger partial charge on any atom is 0.411 e. The van der Waals surface area contributed by atoms with Crippen molar-refractivity contribution in [2.75, 3.05) is 0 Å². The van der Waals surface area contributed by atoms with Crippen LogP contribution in [-0.4, -0.2) is 33.7 Å². The smallest absolute Gasteiger partial charge is 0.411 e. The maximum atomic E-state index is 12.0. The minimum Gasteiger partial charge on any atom is -0.473 e. The number of fused-ring (bicyclic) bond motifs is 3. The summed E-state index contributed by atoms with van der Waals surface area (Å²) in [4.78, 5) is 34.5. The zero-order chi connectivity index (χ0) is 22.9. The lowest BCUT2D eigenvalue weighted by atomic mass is 9.95. The number of hydrogen-bond donors (Lipinski definition) is 2. The van der Waals surface area contributed by atoms with Gasteiger partial charge in [-0.25, -0.2) is 14.8 Å². The number of hydrogen-bond acceptors (Lipinski definition) is 7. The van der Waals surface area contributed by atoms with Crippen LogP contribution < -0.4 is 15.8 Å². The second kappa shape index (κ2) is 9.05. The molecule has 2 aliphatic carbocycles. The first-order chi connectivity index (χ1) is 15.2. The molecule has 2 atom stereocenters. The van der Waals surface area contributed by atoms with Crippen molar-refractivity contribution >= 4 is 33.6 Å². The highest BCUT2D eigenvalue weighted by atomic mass is 32.1. The first-order valence-electron chi connectivity index (χ1n) is 11.1. The zero-order valence-corrected chi connectivity index (χ0v) is 19.6. The van der Waals surface area contributed by atoms with Crippen LogP contribution in [-0.2, 0) is 16.0 Å². The molecule has 0 aliphatic heterocycles. The molecule has 8 nitrogen and oxygen atoms in total. The average Bonchev–Trinajstić information content (AvgIpc) is 3.26. The highest BCUT2D eigenvalue weighted by Crippen LogP contribution is 2.47. The maximum absolute atomic E-state index is 12.0. The van der Waals surface area contributed by atoms with Crippen LogP contribution in [0, 0.1) is 0 Å². The molecule has 32 heavy (non-hydrogen) atoms. The van der Waals surface area contributed by atoms with E-state index in [2.05, 4.69) is 15.3 Å². The fourth-order valence-electron chi connectivity index (χ4n) is 4.36. The van der Waals surface area contributed by atoms with Gasteiger partial charge in [-0.3, -0.25) is 10.1 Å². The highest BCUT2D eigenvalue weighted by Gasteiger charge is 2.31. The Hall–Kier alpha value is -2.68. The molecule has 0 bridgehead atoms. The lowest BCUT2D eigenvalue weighted by molar-refractivity contribution is -0.118. The van der Waals surface area contributed by atoms with Crippen molar-refractivity contribution in [3.8, 4) is 5.88 Å². The van der Waals surface area contributed by atoms with Crippen LogP contribution in [0.1, 0.15) is 75.7 Å². The number of ether oxygens (including phenoxy) is 2. The second-order valence-electron chi connectivity index (χ2n) is 9.41. The van der Waals surface area contributed by atoms with Crippen LogP contribution in [0.4, 0.5) is 4.79 Å². The SMILES string of the molecule is CC(C)(C)OC(=O)NC1=CCC(Oc2ncnc3sc4c(c23)C(CCC(N)=O)CC4)CC1. The van der Waals surface area contributed by atoms with Crippen molar-refractivity contribution in [3.63, 3.8) is 0 Å². The molecule has 0 spiro atoms. The monoisotopic (exact) mass is 458 g/mol. The summed E-state index contributed by atoms with van der Waals surface area (Å²) in [5.41, 5.74) is 6.94. The summed E-state index contributed by atoms with van der Waals surface area (Å²) in [7, 11) is 0. The summed E-state index contributed by atoms with van der Waals surface area (Å²) in [5.74, 6) is 0.631. The summed E-state index contributed by atoms with van der Waals surface area (Å²) in [6.45, 7) is 5.52. The van der Waals surface area contributed by atoms with E-state index >= 15 is 0 Å². The van der Waals surface area contributed by atoms with Gasteiger partial charge in [0, 0.05) is 23.4 Å². The molecule has 0 aromatic carbocycles. The molecule has 0 radical (unpaired) electrons. The van der Waals surface area contributed by atoms with E-state index in [-0.39, 0.29) is 17.9 Å². The summed E-state index contributed by atoms with van der Waals surface area (Å²) >= 11 is 1.69. The van der Waals surface area contributed by atoms with E-state index in [1.54, 1.807) is 17.7 Å². The molecule has 2 amide bonds. The van der Waals surface area contributed by atoms with Gasteiger partial charge >= 0.3 is 6.09 Å². The lowest BCUT2D eigenvalue weighted by Gasteiger charge is -2.25. The van der Waals surface area contributed by atoms with E-state index in [9.17, 15) is 9.59 Å². The third kappa shape index (κ3) is 5.20. The predicted octanol–water partition coefficient (Wildman–Crippen LogP) is 4.33. The fraction of sp³-hybridized carbons (Fsp3) is 0.565. The Kier molecular flexibility index (Phi) is 6.37. The molecule has 2 aromatic rings. The Morgan fingerprint density at radius 3 is 2.75 bits per heavy atom. The summed E-state index contributed by atoms with van der Waals surface area (Å²) < 4.78 is 11.7. The molecule has 2 aromatic heterocycles. The van der Waals surface area contributed by atoms with E-state index in [0.29, 0.717) is 25.1 Å². The molecule has 2 unspecified atom stereocenters. The third-order valence-electron chi connectivity index (χ3n) is 5.74. The van der Waals surface area contributed by atoms with Crippen molar-refractivity contribution in [1.29, 1.82) is 0 Å². The van der Waals surface area contributed by atoms with Crippen LogP contribution >= 0.6 is 11.3 Å². The number of nitrogens with one attached hydrogen (secondary N) is 1. The minimum absolute atomic E-state index is 0.0293. The second-order valence-corrected chi connectivity index (χ2v) is 10.5. The first-order valence-corrected chi connectivity index (χ1v) is 11.9. The normalized spacial score (nSPS) is 20.5. The van der Waals surface area contributed by atoms with Gasteiger partial charge in [-0.15, -0.1) is 11.3 Å². The third-order valence-corrected chi connectivity index (χ3v) is 6.91. The number of alkyl carbamates (subject to hydrolysis) is 1. The minimum atomic E-state index is -0.528. The van der Waals surface area contributed by atoms with Crippen molar-refractivity contribution in [1.82, 2.24) is 15.3 Å². The molecule has 9 heteroatoms. The van der Waals surface area contributed by atoms with E-state index in [4.69, 9.17) is 15.2 Å². The largest absolute Gasteiger partial charge is 0.473 e. The number of allylic oxidation sites excluding steroid dienone is 1. The fourth-order valence-corrected chi connectivity index (χ4v) is 5.59. The Morgan fingerprint density at radius 2 is 2.06 bits per heavy atom. The summed E-state index contributed by atoms with van der Waals surface area (Å²) in [6, 6.07) is 0. The van der Waals surface area contributed by atoms with E-state index in [1.165, 1.54) is 10.4 Å². The molecule has 3 N–H and O–H groups in total. The van der Waals surface area contributed by atoms with Gasteiger partial charge in [0.05, 0.1) is 5.39 Å². The Morgan fingerprint density at radius 1 is 1.25 bits per heavy atom. The van der Waals surface area contributed by atoms with Crippen molar-refractivity contribution < 1.29 is 19.1 Å². The van der Waals surface area contributed by atoms with Crippen LogP contribution in [0.15, 0.2) is 18.1 Å². The van der Waals surface area contributed by atoms with Gasteiger partial charge in [-0.2, -0.15) is 0 Å². The standard InChI is InChI=1S/C23H30N4O4S/c1-23(2,3)31-22(29)27-14-6-8-15(9-7-14)30-20-19-18-13(5-11-17(24)28)4-10-16(18)32-21(19)26-12-25-20/h6,12-13,15H,4-5,7-11H2,1-3H3,(H2,24,28)(H,27,29). The van der Waals surface area contributed by atoms with E-state index < -0.39 is 11.7 Å². The Balaban J connectivity index is 1.46. The number of aryl methyl sites for hydroxylation is 1. The van der Waals surface area contributed by atoms with Gasteiger partial charge in [0.15, 0.2) is 0 Å². The Bertz CT molecular complexity index is 1060. The van der Waals surface area contributed by atoms with Crippen LogP contribution in [0.25, 0.3) is 10.2 Å². The number of thiophene rings is 1. The molecule has 0 saturated carbocycles.